The highest BCUT2D eigenvalue weighted by atomic mass is 32.1. The lowest BCUT2D eigenvalue weighted by molar-refractivity contribution is 0.0307. The molecule has 0 aromatic carbocycles. The van der Waals surface area contributed by atoms with Crippen LogP contribution in [0.25, 0.3) is 0 Å². The second kappa shape index (κ2) is 3.10. The molecular weight excluding hydrogens is 198 g/mol. The minimum atomic E-state index is 0.428. The van der Waals surface area contributed by atoms with Gasteiger partial charge in [-0.25, -0.2) is 0 Å². The van der Waals surface area contributed by atoms with E-state index in [-0.39, 0.29) is 0 Å². The number of hydrogen-bond acceptors (Lipinski definition) is 5. The van der Waals surface area contributed by atoms with E-state index in [1.807, 2.05) is 6.07 Å². The molecule has 2 bridgehead atoms. The van der Waals surface area contributed by atoms with Gasteiger partial charge in [0.2, 0.25) is 0 Å². The number of nitrogens with zero attached hydrogens (tertiary/aromatic N) is 2. The Morgan fingerprint density at radius 3 is 2.71 bits per heavy atom. The SMILES string of the molecule is Nc1cc(N2CC3CCC(C2)O3)sn1. The summed E-state index contributed by atoms with van der Waals surface area (Å²) in [6.45, 7) is 2.00. The Morgan fingerprint density at radius 1 is 1.43 bits per heavy atom. The summed E-state index contributed by atoms with van der Waals surface area (Å²) in [6.07, 6.45) is 3.26. The van der Waals surface area contributed by atoms with Crippen molar-refractivity contribution in [3.8, 4) is 0 Å². The molecule has 4 nitrogen and oxygen atoms in total. The number of fused-ring (bicyclic) bond motifs is 2. The van der Waals surface area contributed by atoms with Crippen LogP contribution >= 0.6 is 11.5 Å². The van der Waals surface area contributed by atoms with Gasteiger partial charge >= 0.3 is 0 Å². The van der Waals surface area contributed by atoms with Gasteiger partial charge in [0.15, 0.2) is 0 Å². The average molecular weight is 211 g/mol. The minimum absolute atomic E-state index is 0.428. The van der Waals surface area contributed by atoms with Crippen molar-refractivity contribution >= 4 is 22.4 Å². The lowest BCUT2D eigenvalue weighted by Gasteiger charge is -2.32. The molecule has 2 fully saturated rings. The van der Waals surface area contributed by atoms with E-state index in [9.17, 15) is 0 Å². The number of anilines is 2. The van der Waals surface area contributed by atoms with Crippen LogP contribution in [0.2, 0.25) is 0 Å². The molecule has 2 aliphatic rings. The zero-order valence-corrected chi connectivity index (χ0v) is 8.67. The predicted molar refractivity (Wildman–Crippen MR) is 56.6 cm³/mol. The molecule has 76 valence electrons. The summed E-state index contributed by atoms with van der Waals surface area (Å²) in [6, 6.07) is 1.95. The van der Waals surface area contributed by atoms with Gasteiger partial charge in [0.05, 0.1) is 12.2 Å². The summed E-state index contributed by atoms with van der Waals surface area (Å²) in [5.74, 6) is 0.629. The van der Waals surface area contributed by atoms with E-state index in [2.05, 4.69) is 9.27 Å². The third-order valence-electron chi connectivity index (χ3n) is 2.87. The first-order valence-corrected chi connectivity index (χ1v) is 5.71. The summed E-state index contributed by atoms with van der Waals surface area (Å²) < 4.78 is 9.87. The average Bonchev–Trinajstić information content (AvgIpc) is 2.73. The van der Waals surface area contributed by atoms with E-state index in [0.29, 0.717) is 18.0 Å². The van der Waals surface area contributed by atoms with E-state index in [1.165, 1.54) is 29.4 Å². The first kappa shape index (κ1) is 8.49. The third-order valence-corrected chi connectivity index (χ3v) is 3.74. The summed E-state index contributed by atoms with van der Waals surface area (Å²) in [4.78, 5) is 2.35. The minimum Gasteiger partial charge on any atom is -0.383 e. The fourth-order valence-electron chi connectivity index (χ4n) is 2.22. The van der Waals surface area contributed by atoms with Crippen molar-refractivity contribution in [1.82, 2.24) is 4.37 Å². The highest BCUT2D eigenvalue weighted by molar-refractivity contribution is 7.10. The molecule has 1 aromatic heterocycles. The van der Waals surface area contributed by atoms with Crippen LogP contribution in [0.4, 0.5) is 10.8 Å². The molecule has 0 saturated carbocycles. The Morgan fingerprint density at radius 2 is 2.14 bits per heavy atom. The molecule has 0 spiro atoms. The highest BCUT2D eigenvalue weighted by Crippen LogP contribution is 2.32. The summed E-state index contributed by atoms with van der Waals surface area (Å²) in [7, 11) is 0. The quantitative estimate of drug-likeness (QED) is 0.755. The molecule has 1 aromatic rings. The molecule has 3 rings (SSSR count). The van der Waals surface area contributed by atoms with E-state index in [4.69, 9.17) is 10.5 Å². The molecule has 0 radical (unpaired) electrons. The zero-order valence-electron chi connectivity index (χ0n) is 7.85. The lowest BCUT2D eigenvalue weighted by atomic mass is 10.2. The van der Waals surface area contributed by atoms with Crippen LogP contribution in [0.1, 0.15) is 12.8 Å². The van der Waals surface area contributed by atoms with Crippen molar-refractivity contribution in [3.05, 3.63) is 6.07 Å². The Hall–Kier alpha value is -0.810. The van der Waals surface area contributed by atoms with Crippen molar-refractivity contribution in [2.45, 2.75) is 25.0 Å². The van der Waals surface area contributed by atoms with Crippen LogP contribution in [-0.4, -0.2) is 29.7 Å². The van der Waals surface area contributed by atoms with Crippen LogP contribution in [0.5, 0.6) is 0 Å². The number of hydrogen-bond donors (Lipinski definition) is 1. The highest BCUT2D eigenvalue weighted by Gasteiger charge is 2.34. The maximum absolute atomic E-state index is 5.77. The number of rotatable bonds is 1. The van der Waals surface area contributed by atoms with Gasteiger partial charge in [-0.3, -0.25) is 0 Å². The predicted octanol–water partition coefficient (Wildman–Crippen LogP) is 1.09. The van der Waals surface area contributed by atoms with Crippen LogP contribution < -0.4 is 10.6 Å². The first-order chi connectivity index (χ1) is 6.81. The molecule has 14 heavy (non-hydrogen) atoms. The van der Waals surface area contributed by atoms with Crippen molar-refractivity contribution in [3.63, 3.8) is 0 Å². The number of morpholine rings is 1. The fraction of sp³-hybridized carbons (Fsp3) is 0.667. The second-order valence-corrected chi connectivity index (χ2v) is 4.74. The maximum Gasteiger partial charge on any atom is 0.139 e. The zero-order chi connectivity index (χ0) is 9.54. The second-order valence-electron chi connectivity index (χ2n) is 3.95. The molecule has 3 heterocycles. The summed E-state index contributed by atoms with van der Waals surface area (Å²) in [5.41, 5.74) is 5.61. The number of nitrogen functional groups attached to an aromatic ring is 1. The monoisotopic (exact) mass is 211 g/mol. The molecule has 0 aliphatic carbocycles. The van der Waals surface area contributed by atoms with Gasteiger partial charge in [0.1, 0.15) is 10.8 Å². The summed E-state index contributed by atoms with van der Waals surface area (Å²) >= 11 is 1.48. The lowest BCUT2D eigenvalue weighted by Crippen LogP contribution is -2.42. The molecular formula is C9H13N3OS. The van der Waals surface area contributed by atoms with Crippen LogP contribution in [0, 0.1) is 0 Å². The van der Waals surface area contributed by atoms with Gasteiger partial charge < -0.3 is 15.4 Å². The Balaban J connectivity index is 1.80. The Bertz CT molecular complexity index is 329. The van der Waals surface area contributed by atoms with E-state index in [0.717, 1.165) is 13.1 Å². The molecule has 2 saturated heterocycles. The number of nitrogens with two attached hydrogens (primary N) is 1. The molecule has 2 N–H and O–H groups in total. The van der Waals surface area contributed by atoms with Crippen molar-refractivity contribution in [2.24, 2.45) is 0 Å². The molecule has 2 aliphatic heterocycles. The topological polar surface area (TPSA) is 51.4 Å². The van der Waals surface area contributed by atoms with Gasteiger partial charge in [0, 0.05) is 19.2 Å². The van der Waals surface area contributed by atoms with Gasteiger partial charge in [-0.2, -0.15) is 4.37 Å². The van der Waals surface area contributed by atoms with Gasteiger partial charge in [-0.05, 0) is 24.4 Å². The van der Waals surface area contributed by atoms with E-state index < -0.39 is 0 Å². The van der Waals surface area contributed by atoms with Gasteiger partial charge in [-0.15, -0.1) is 0 Å². The largest absolute Gasteiger partial charge is 0.383 e. The Kier molecular flexibility index (Phi) is 1.88. The molecule has 0 amide bonds. The van der Waals surface area contributed by atoms with Crippen molar-refractivity contribution in [1.29, 1.82) is 0 Å². The number of ether oxygens (including phenoxy) is 1. The van der Waals surface area contributed by atoms with E-state index in [1.54, 1.807) is 0 Å². The standard InChI is InChI=1S/C9H13N3OS/c10-8-3-9(14-11-8)12-4-6-1-2-7(5-12)13-6/h3,6-7H,1-2,4-5H2,(H2,10,11). The smallest absolute Gasteiger partial charge is 0.139 e. The summed E-state index contributed by atoms with van der Waals surface area (Å²) in [5, 5.41) is 1.18. The van der Waals surface area contributed by atoms with E-state index >= 15 is 0 Å². The maximum atomic E-state index is 5.77. The first-order valence-electron chi connectivity index (χ1n) is 4.94. The molecule has 2 unspecified atom stereocenters. The number of aromatic nitrogens is 1. The van der Waals surface area contributed by atoms with Crippen LogP contribution in [0.15, 0.2) is 6.07 Å². The van der Waals surface area contributed by atoms with Crippen LogP contribution in [-0.2, 0) is 4.74 Å². The molecule has 2 atom stereocenters. The van der Waals surface area contributed by atoms with Gasteiger partial charge in [-0.1, -0.05) is 0 Å². The van der Waals surface area contributed by atoms with Crippen molar-refractivity contribution < 1.29 is 4.74 Å². The third kappa shape index (κ3) is 1.36. The Labute approximate surface area is 86.8 Å². The van der Waals surface area contributed by atoms with Crippen LogP contribution in [0.3, 0.4) is 0 Å². The fourth-order valence-corrected chi connectivity index (χ4v) is 2.91. The molecule has 5 heteroatoms. The van der Waals surface area contributed by atoms with Gasteiger partial charge in [0.25, 0.3) is 0 Å². The van der Waals surface area contributed by atoms with Crippen molar-refractivity contribution in [2.75, 3.05) is 23.7 Å². The normalized spacial score (nSPS) is 31.0.